The average molecular weight is 240 g/mol. The lowest BCUT2D eigenvalue weighted by Gasteiger charge is -2.12. The largest absolute Gasteiger partial charge is 0.481 e. The number of carboxylic acid groups (broad SMARTS) is 2. The fourth-order valence-corrected chi connectivity index (χ4v) is 1.70. The van der Waals surface area contributed by atoms with E-state index < -0.39 is 23.8 Å². The second-order valence-corrected chi connectivity index (χ2v) is 4.05. The Balaban J connectivity index is 4.07. The Labute approximate surface area is 102 Å². The summed E-state index contributed by atoms with van der Waals surface area (Å²) >= 11 is 0. The molecule has 0 aliphatic carbocycles. The molecule has 0 aromatic carbocycles. The van der Waals surface area contributed by atoms with Crippen molar-refractivity contribution in [1.29, 1.82) is 0 Å². The average Bonchev–Trinajstić information content (AvgIpc) is 2.26. The number of hydrogen-bond donors (Lipinski definition) is 2. The molecule has 96 valence electrons. The van der Waals surface area contributed by atoms with Gasteiger partial charge in [0.2, 0.25) is 0 Å². The molecule has 0 bridgehead atoms. The van der Waals surface area contributed by atoms with Crippen LogP contribution in [-0.4, -0.2) is 22.2 Å². The first-order valence-electron chi connectivity index (χ1n) is 5.70. The van der Waals surface area contributed by atoms with Crippen LogP contribution in [0, 0.1) is 11.8 Å². The minimum absolute atomic E-state index is 0.425. The topological polar surface area (TPSA) is 74.6 Å². The van der Waals surface area contributed by atoms with Crippen LogP contribution in [0.1, 0.15) is 32.1 Å². The van der Waals surface area contributed by atoms with Gasteiger partial charge in [-0.2, -0.15) is 0 Å². The lowest BCUT2D eigenvalue weighted by Crippen LogP contribution is -2.16. The number of hydrogen-bond acceptors (Lipinski definition) is 2. The minimum atomic E-state index is -0.847. The van der Waals surface area contributed by atoms with E-state index in [1.54, 1.807) is 12.2 Å². The van der Waals surface area contributed by atoms with Crippen LogP contribution in [0.2, 0.25) is 0 Å². The summed E-state index contributed by atoms with van der Waals surface area (Å²) in [5.74, 6) is -2.60. The second-order valence-electron chi connectivity index (χ2n) is 4.05. The van der Waals surface area contributed by atoms with Gasteiger partial charge in [-0.1, -0.05) is 18.6 Å². The van der Waals surface area contributed by atoms with Gasteiger partial charge < -0.3 is 10.2 Å². The lowest BCUT2D eigenvalue weighted by molar-refractivity contribution is -0.141. The molecule has 2 unspecified atom stereocenters. The maximum Gasteiger partial charge on any atom is 0.306 e. The monoisotopic (exact) mass is 240 g/mol. The molecule has 17 heavy (non-hydrogen) atoms. The van der Waals surface area contributed by atoms with Crippen LogP contribution in [0.25, 0.3) is 0 Å². The highest BCUT2D eigenvalue weighted by Crippen LogP contribution is 2.19. The van der Waals surface area contributed by atoms with Gasteiger partial charge in [0.25, 0.3) is 0 Å². The molecule has 0 aromatic heterocycles. The van der Waals surface area contributed by atoms with Crippen LogP contribution in [0.15, 0.2) is 25.3 Å². The van der Waals surface area contributed by atoms with Crippen molar-refractivity contribution in [3.05, 3.63) is 25.3 Å². The van der Waals surface area contributed by atoms with Crippen LogP contribution in [0.4, 0.5) is 0 Å². The number of carboxylic acids is 2. The van der Waals surface area contributed by atoms with E-state index in [2.05, 4.69) is 13.2 Å². The van der Waals surface area contributed by atoms with Gasteiger partial charge in [-0.25, -0.2) is 0 Å². The van der Waals surface area contributed by atoms with Crippen LogP contribution in [-0.2, 0) is 9.59 Å². The Morgan fingerprint density at radius 1 is 0.941 bits per heavy atom. The van der Waals surface area contributed by atoms with Gasteiger partial charge in [0.15, 0.2) is 0 Å². The molecule has 0 heterocycles. The summed E-state index contributed by atoms with van der Waals surface area (Å²) in [6, 6.07) is 0. The zero-order valence-electron chi connectivity index (χ0n) is 9.97. The van der Waals surface area contributed by atoms with Gasteiger partial charge >= 0.3 is 11.9 Å². The van der Waals surface area contributed by atoms with Gasteiger partial charge in [-0.15, -0.1) is 13.2 Å². The molecule has 0 amide bonds. The molecule has 0 radical (unpaired) electrons. The number of allylic oxidation sites excluding steroid dienone is 2. The summed E-state index contributed by atoms with van der Waals surface area (Å²) < 4.78 is 0. The third-order valence-corrected chi connectivity index (χ3v) is 2.71. The van der Waals surface area contributed by atoms with Crippen LogP contribution in [0.3, 0.4) is 0 Å². The summed E-state index contributed by atoms with van der Waals surface area (Å²) in [5.41, 5.74) is 0. The fraction of sp³-hybridized carbons (Fsp3) is 0.538. The number of aliphatic carboxylic acids is 2. The third-order valence-electron chi connectivity index (χ3n) is 2.71. The zero-order valence-corrected chi connectivity index (χ0v) is 9.97. The van der Waals surface area contributed by atoms with Crippen molar-refractivity contribution in [1.82, 2.24) is 0 Å². The summed E-state index contributed by atoms with van der Waals surface area (Å²) in [6.45, 7) is 7.03. The second kappa shape index (κ2) is 8.56. The van der Waals surface area contributed by atoms with Crippen molar-refractivity contribution in [2.45, 2.75) is 32.1 Å². The van der Waals surface area contributed by atoms with Crippen molar-refractivity contribution >= 4 is 11.9 Å². The van der Waals surface area contributed by atoms with Gasteiger partial charge in [-0.05, 0) is 25.7 Å². The molecule has 2 N–H and O–H groups in total. The molecular weight excluding hydrogens is 220 g/mol. The Morgan fingerprint density at radius 3 is 1.53 bits per heavy atom. The molecule has 0 rings (SSSR count). The minimum Gasteiger partial charge on any atom is -0.481 e. The van der Waals surface area contributed by atoms with Crippen molar-refractivity contribution in [3.63, 3.8) is 0 Å². The highest BCUT2D eigenvalue weighted by atomic mass is 16.4. The van der Waals surface area contributed by atoms with Gasteiger partial charge in [-0.3, -0.25) is 9.59 Å². The van der Waals surface area contributed by atoms with E-state index in [0.717, 1.165) is 0 Å². The van der Waals surface area contributed by atoms with Crippen molar-refractivity contribution < 1.29 is 19.8 Å². The maximum absolute atomic E-state index is 10.8. The predicted octanol–water partition coefficient (Wildman–Crippen LogP) is 2.71. The summed E-state index contributed by atoms with van der Waals surface area (Å²) in [5, 5.41) is 17.8. The zero-order chi connectivity index (χ0) is 13.3. The van der Waals surface area contributed by atoms with Crippen molar-refractivity contribution in [2.24, 2.45) is 11.8 Å². The molecule has 0 spiro atoms. The fourth-order valence-electron chi connectivity index (χ4n) is 1.70. The molecular formula is C13H20O4. The molecule has 0 saturated heterocycles. The summed E-state index contributed by atoms with van der Waals surface area (Å²) in [4.78, 5) is 21.7. The maximum atomic E-state index is 10.8. The van der Waals surface area contributed by atoms with Crippen molar-refractivity contribution in [3.8, 4) is 0 Å². The van der Waals surface area contributed by atoms with E-state index in [9.17, 15) is 9.59 Å². The molecule has 0 aromatic rings. The van der Waals surface area contributed by atoms with Crippen LogP contribution < -0.4 is 0 Å². The first-order chi connectivity index (χ1) is 8.02. The van der Waals surface area contributed by atoms with Crippen molar-refractivity contribution in [2.75, 3.05) is 0 Å². The quantitative estimate of drug-likeness (QED) is 0.576. The van der Waals surface area contributed by atoms with E-state index in [0.29, 0.717) is 32.1 Å². The SMILES string of the molecule is C=CCC(CCCC(CC=C)C(=O)O)C(=O)O. The highest BCUT2D eigenvalue weighted by molar-refractivity contribution is 5.70. The summed E-state index contributed by atoms with van der Waals surface area (Å²) in [7, 11) is 0. The van der Waals surface area contributed by atoms with Gasteiger partial charge in [0.1, 0.15) is 0 Å². The third kappa shape index (κ3) is 6.56. The summed E-state index contributed by atoms with van der Waals surface area (Å²) in [6.07, 6.45) is 5.58. The Bertz CT molecular complexity index is 255. The molecule has 4 nitrogen and oxygen atoms in total. The van der Waals surface area contributed by atoms with E-state index in [4.69, 9.17) is 10.2 Å². The molecule has 0 fully saturated rings. The highest BCUT2D eigenvalue weighted by Gasteiger charge is 2.19. The van der Waals surface area contributed by atoms with E-state index >= 15 is 0 Å². The standard InChI is InChI=1S/C13H20O4/c1-3-6-10(12(14)15)8-5-9-11(7-4-2)13(16)17/h3-4,10-11H,1-2,5-9H2,(H,14,15)(H,16,17). The van der Waals surface area contributed by atoms with Crippen LogP contribution in [0.5, 0.6) is 0 Å². The lowest BCUT2D eigenvalue weighted by atomic mass is 9.93. The van der Waals surface area contributed by atoms with E-state index in [-0.39, 0.29) is 0 Å². The molecule has 0 aliphatic rings. The molecule has 0 aliphatic heterocycles. The number of rotatable bonds is 10. The normalized spacial score (nSPS) is 13.6. The van der Waals surface area contributed by atoms with Gasteiger partial charge in [0, 0.05) is 0 Å². The Morgan fingerprint density at radius 2 is 1.29 bits per heavy atom. The van der Waals surface area contributed by atoms with Gasteiger partial charge in [0.05, 0.1) is 11.8 Å². The Kier molecular flexibility index (Phi) is 7.76. The first-order valence-corrected chi connectivity index (χ1v) is 5.70. The van der Waals surface area contributed by atoms with E-state index in [1.807, 2.05) is 0 Å². The predicted molar refractivity (Wildman–Crippen MR) is 65.7 cm³/mol. The number of carbonyl (C=O) groups is 2. The first kappa shape index (κ1) is 15.4. The Hall–Kier alpha value is -1.58. The molecule has 0 saturated carbocycles. The molecule has 4 heteroatoms. The van der Waals surface area contributed by atoms with Crippen LogP contribution >= 0.6 is 0 Å². The van der Waals surface area contributed by atoms with E-state index in [1.165, 1.54) is 0 Å². The molecule has 2 atom stereocenters. The smallest absolute Gasteiger partial charge is 0.306 e.